The van der Waals surface area contributed by atoms with Gasteiger partial charge in [-0.3, -0.25) is 14.3 Å². The highest BCUT2D eigenvalue weighted by atomic mass is 79.9. The van der Waals surface area contributed by atoms with E-state index in [2.05, 4.69) is 51.8 Å². The van der Waals surface area contributed by atoms with E-state index in [4.69, 9.17) is 9.47 Å². The summed E-state index contributed by atoms with van der Waals surface area (Å²) < 4.78 is 13.4. The van der Waals surface area contributed by atoms with Crippen molar-refractivity contribution in [3.63, 3.8) is 0 Å². The minimum absolute atomic E-state index is 0.00610. The van der Waals surface area contributed by atoms with Gasteiger partial charge in [0.05, 0.1) is 19.3 Å². The maximum Gasteiger partial charge on any atom is 0.302 e. The number of nitrogens with zero attached hydrogens (tertiary/aromatic N) is 4. The van der Waals surface area contributed by atoms with Crippen LogP contribution in [0, 0.1) is 10.8 Å². The lowest BCUT2D eigenvalue weighted by molar-refractivity contribution is -0.120. The molecule has 8 nitrogen and oxygen atoms in total. The number of rotatable bonds is 7. The maximum atomic E-state index is 12.4. The average Bonchev–Trinajstić information content (AvgIpc) is 3.24. The Balaban J connectivity index is 1.36. The lowest BCUT2D eigenvalue weighted by atomic mass is 9.65. The lowest BCUT2D eigenvalue weighted by Gasteiger charge is -2.40. The average molecular weight is 570 g/mol. The number of aromatic hydroxyl groups is 1. The third-order valence-electron chi connectivity index (χ3n) is 7.50. The number of amides is 1. The molecule has 1 aliphatic carbocycles. The van der Waals surface area contributed by atoms with E-state index < -0.39 is 5.91 Å². The minimum atomic E-state index is -0.547. The van der Waals surface area contributed by atoms with E-state index in [1.165, 1.54) is 12.8 Å². The molecular weight excluding hydrogens is 536 g/mol. The van der Waals surface area contributed by atoms with Crippen LogP contribution < -0.4 is 9.47 Å². The molecule has 2 aromatic carbocycles. The number of azo groups is 1. The van der Waals surface area contributed by atoms with E-state index in [1.54, 1.807) is 31.4 Å². The topological polar surface area (TPSA) is 88.6 Å². The molecule has 1 aromatic heterocycles. The summed E-state index contributed by atoms with van der Waals surface area (Å²) in [6.07, 6.45) is 3.53. The summed E-state index contributed by atoms with van der Waals surface area (Å²) in [6.45, 7) is 8.39. The fourth-order valence-electron chi connectivity index (χ4n) is 6.41. The van der Waals surface area contributed by atoms with E-state index >= 15 is 0 Å². The monoisotopic (exact) mass is 568 g/mol. The van der Waals surface area contributed by atoms with Crippen molar-refractivity contribution in [1.82, 2.24) is 9.47 Å². The Labute approximate surface area is 225 Å². The molecule has 2 aliphatic rings. The fourth-order valence-corrected chi connectivity index (χ4v) is 6.77. The number of benzene rings is 2. The second kappa shape index (κ2) is 9.76. The molecule has 1 saturated carbocycles. The number of hydrogen-bond acceptors (Lipinski definition) is 6. The Morgan fingerprint density at radius 2 is 1.86 bits per heavy atom. The van der Waals surface area contributed by atoms with Crippen LogP contribution >= 0.6 is 15.9 Å². The van der Waals surface area contributed by atoms with Gasteiger partial charge in [0.25, 0.3) is 0 Å². The quantitative estimate of drug-likeness (QED) is 0.321. The predicted octanol–water partition coefficient (Wildman–Crippen LogP) is 6.67. The molecule has 2 fully saturated rings. The standard InChI is InChI=1S/C28H33BrN4O4/c1-27(2)12-19-13-28(3,15-27)16-32(19)17-33-23-10-5-18(29)11-22(23)25(26(33)35)31-30-24(34)14-37-21-8-6-20(36-4)7-9-21/h5-11,19,35H,12-17H2,1-4H3/t19-,28+/m1/s1. The van der Waals surface area contributed by atoms with Crippen molar-refractivity contribution < 1.29 is 19.4 Å². The van der Waals surface area contributed by atoms with E-state index in [-0.39, 0.29) is 23.6 Å². The van der Waals surface area contributed by atoms with Crippen LogP contribution in [0.5, 0.6) is 17.4 Å². The summed E-state index contributed by atoms with van der Waals surface area (Å²) in [5.41, 5.74) is 1.73. The molecule has 1 saturated heterocycles. The van der Waals surface area contributed by atoms with Gasteiger partial charge in [-0.05, 0) is 72.6 Å². The molecule has 2 atom stereocenters. The van der Waals surface area contributed by atoms with E-state index in [9.17, 15) is 9.90 Å². The van der Waals surface area contributed by atoms with E-state index in [1.807, 2.05) is 22.8 Å². The molecule has 196 valence electrons. The van der Waals surface area contributed by atoms with Crippen LogP contribution in [0.2, 0.25) is 0 Å². The van der Waals surface area contributed by atoms with Crippen LogP contribution in [0.4, 0.5) is 5.69 Å². The second-order valence-corrected chi connectivity index (χ2v) is 12.3. The van der Waals surface area contributed by atoms with Gasteiger partial charge >= 0.3 is 5.91 Å². The fraction of sp³-hybridized carbons (Fsp3) is 0.464. The number of methoxy groups -OCH3 is 1. The summed E-state index contributed by atoms with van der Waals surface area (Å²) in [6, 6.07) is 13.2. The molecule has 37 heavy (non-hydrogen) atoms. The van der Waals surface area contributed by atoms with Gasteiger partial charge < -0.3 is 14.6 Å². The third-order valence-corrected chi connectivity index (χ3v) is 7.99. The molecule has 5 rings (SSSR count). The molecule has 0 spiro atoms. The van der Waals surface area contributed by atoms with Crippen molar-refractivity contribution in [3.05, 3.63) is 46.9 Å². The van der Waals surface area contributed by atoms with Crippen LogP contribution in [-0.2, 0) is 11.5 Å². The highest BCUT2D eigenvalue weighted by Gasteiger charge is 2.49. The first-order valence-electron chi connectivity index (χ1n) is 12.5. The summed E-state index contributed by atoms with van der Waals surface area (Å²) in [4.78, 5) is 14.9. The summed E-state index contributed by atoms with van der Waals surface area (Å²) >= 11 is 3.52. The number of ether oxygens (including phenoxy) is 2. The Hall–Kier alpha value is -2.91. The number of aromatic nitrogens is 1. The van der Waals surface area contributed by atoms with Crippen molar-refractivity contribution in [2.24, 2.45) is 21.1 Å². The number of fused-ring (bicyclic) bond motifs is 3. The van der Waals surface area contributed by atoms with E-state index in [0.29, 0.717) is 29.6 Å². The SMILES string of the molecule is COc1ccc(OCC(=O)N=Nc2c(O)n(CN3C[C@@]4(C)C[C@H]3CC(C)(C)C4)c3ccc(Br)cc23)cc1. The first kappa shape index (κ1) is 25.7. The molecule has 1 aliphatic heterocycles. The molecule has 2 bridgehead atoms. The van der Waals surface area contributed by atoms with E-state index in [0.717, 1.165) is 28.3 Å². The number of hydrogen-bond donors (Lipinski definition) is 1. The van der Waals surface area contributed by atoms with Crippen LogP contribution in [0.1, 0.15) is 40.0 Å². The van der Waals surface area contributed by atoms with Crippen molar-refractivity contribution in [3.8, 4) is 17.4 Å². The Kier molecular flexibility index (Phi) is 6.79. The summed E-state index contributed by atoms with van der Waals surface area (Å²) in [5, 5.41) is 20.0. The molecule has 0 radical (unpaired) electrons. The van der Waals surface area contributed by atoms with Gasteiger partial charge in [0.2, 0.25) is 5.88 Å². The molecule has 1 amide bonds. The zero-order valence-electron chi connectivity index (χ0n) is 21.7. The Bertz CT molecular complexity index is 1350. The zero-order valence-corrected chi connectivity index (χ0v) is 23.3. The molecule has 3 aromatic rings. The van der Waals surface area contributed by atoms with Crippen molar-refractivity contribution in [2.75, 3.05) is 20.3 Å². The number of carbonyl (C=O) groups excluding carboxylic acids is 1. The van der Waals surface area contributed by atoms with Crippen molar-refractivity contribution >= 4 is 38.4 Å². The van der Waals surface area contributed by atoms with Crippen LogP contribution in [0.15, 0.2) is 57.2 Å². The molecule has 2 heterocycles. The maximum absolute atomic E-state index is 12.4. The first-order valence-corrected chi connectivity index (χ1v) is 13.3. The second-order valence-electron chi connectivity index (χ2n) is 11.4. The van der Waals surface area contributed by atoms with Crippen molar-refractivity contribution in [1.29, 1.82) is 0 Å². The van der Waals surface area contributed by atoms with Gasteiger partial charge in [0, 0.05) is 22.4 Å². The number of carbonyl (C=O) groups is 1. The van der Waals surface area contributed by atoms with Crippen LogP contribution in [-0.4, -0.2) is 46.8 Å². The number of likely N-dealkylation sites (tertiary alicyclic amines) is 1. The first-order chi connectivity index (χ1) is 17.6. The van der Waals surface area contributed by atoms with Gasteiger partial charge in [-0.2, -0.15) is 0 Å². The van der Waals surface area contributed by atoms with Crippen molar-refractivity contribution in [2.45, 2.75) is 52.7 Å². The number of halogens is 1. The van der Waals surface area contributed by atoms with Gasteiger partial charge in [0.15, 0.2) is 12.3 Å². The molecular formula is C28H33BrN4O4. The Morgan fingerprint density at radius 1 is 1.14 bits per heavy atom. The summed E-state index contributed by atoms with van der Waals surface area (Å²) in [7, 11) is 1.59. The smallest absolute Gasteiger partial charge is 0.302 e. The van der Waals surface area contributed by atoms with Crippen LogP contribution in [0.3, 0.4) is 0 Å². The molecule has 1 N–H and O–H groups in total. The predicted molar refractivity (Wildman–Crippen MR) is 146 cm³/mol. The van der Waals surface area contributed by atoms with Gasteiger partial charge in [0.1, 0.15) is 11.5 Å². The molecule has 0 unspecified atom stereocenters. The highest BCUT2D eigenvalue weighted by Crippen LogP contribution is 2.53. The van der Waals surface area contributed by atoms with Crippen LogP contribution in [0.25, 0.3) is 10.9 Å². The van der Waals surface area contributed by atoms with Gasteiger partial charge in [-0.15, -0.1) is 10.2 Å². The largest absolute Gasteiger partial charge is 0.497 e. The van der Waals surface area contributed by atoms with Gasteiger partial charge in [-0.25, -0.2) is 0 Å². The lowest BCUT2D eigenvalue weighted by Crippen LogP contribution is -2.35. The Morgan fingerprint density at radius 3 is 2.59 bits per heavy atom. The third kappa shape index (κ3) is 5.38. The minimum Gasteiger partial charge on any atom is -0.497 e. The van der Waals surface area contributed by atoms with Gasteiger partial charge in [-0.1, -0.05) is 36.7 Å². The normalized spacial score (nSPS) is 23.1. The zero-order chi connectivity index (χ0) is 26.4. The molecule has 9 heteroatoms. The highest BCUT2D eigenvalue weighted by molar-refractivity contribution is 9.10. The summed E-state index contributed by atoms with van der Waals surface area (Å²) in [5.74, 6) is 0.688.